The lowest BCUT2D eigenvalue weighted by Crippen LogP contribution is -2.36. The van der Waals surface area contributed by atoms with Gasteiger partial charge in [-0.15, -0.1) is 0 Å². The molecule has 106 valence electrons. The van der Waals surface area contributed by atoms with Gasteiger partial charge in [0.1, 0.15) is 12.4 Å². The van der Waals surface area contributed by atoms with Crippen LogP contribution in [0.1, 0.15) is 30.1 Å². The van der Waals surface area contributed by atoms with Crippen LogP contribution in [0.15, 0.2) is 18.2 Å². The van der Waals surface area contributed by atoms with Crippen molar-refractivity contribution in [3.05, 3.63) is 23.8 Å². The number of Topliss-reactive ketones (excluding diaryl/α,β-unsaturated/α-hetero) is 1. The summed E-state index contributed by atoms with van der Waals surface area (Å²) in [7, 11) is 0. The maximum atomic E-state index is 11.9. The van der Waals surface area contributed by atoms with Crippen LogP contribution in [0.4, 0.5) is 5.69 Å². The van der Waals surface area contributed by atoms with Gasteiger partial charge in [-0.2, -0.15) is 0 Å². The van der Waals surface area contributed by atoms with E-state index >= 15 is 0 Å². The minimum absolute atomic E-state index is 0.0605. The lowest BCUT2D eigenvalue weighted by molar-refractivity contribution is -0.137. The Labute approximate surface area is 115 Å². The van der Waals surface area contributed by atoms with Crippen LogP contribution < -0.4 is 9.64 Å². The molecule has 0 bridgehead atoms. The number of carbonyl (C=O) groups excluding carboxylic acids is 2. The van der Waals surface area contributed by atoms with E-state index in [-0.39, 0.29) is 24.5 Å². The predicted molar refractivity (Wildman–Crippen MR) is 71.2 cm³/mol. The Kier molecular flexibility index (Phi) is 4.02. The number of amides is 1. The third kappa shape index (κ3) is 2.96. The van der Waals surface area contributed by atoms with Crippen molar-refractivity contribution in [2.45, 2.75) is 19.8 Å². The molecule has 6 heteroatoms. The van der Waals surface area contributed by atoms with Gasteiger partial charge in [0.05, 0.1) is 18.7 Å². The molecule has 0 spiro atoms. The first-order chi connectivity index (χ1) is 9.49. The molecule has 1 N–H and O–H groups in total. The molecule has 0 aliphatic carbocycles. The van der Waals surface area contributed by atoms with Crippen molar-refractivity contribution in [3.8, 4) is 5.75 Å². The molecule has 1 heterocycles. The van der Waals surface area contributed by atoms with Crippen molar-refractivity contribution in [2.24, 2.45) is 0 Å². The first-order valence-electron chi connectivity index (χ1n) is 6.29. The van der Waals surface area contributed by atoms with E-state index in [4.69, 9.17) is 9.84 Å². The normalized spacial score (nSPS) is 13.3. The molecule has 2 rings (SSSR count). The highest BCUT2D eigenvalue weighted by Gasteiger charge is 2.22. The van der Waals surface area contributed by atoms with E-state index < -0.39 is 5.97 Å². The number of fused-ring (bicyclic) bond motifs is 1. The van der Waals surface area contributed by atoms with E-state index in [1.807, 2.05) is 0 Å². The van der Waals surface area contributed by atoms with Gasteiger partial charge >= 0.3 is 5.97 Å². The molecule has 1 aliphatic heterocycles. The molecule has 6 nitrogen and oxygen atoms in total. The molecule has 1 aromatic carbocycles. The van der Waals surface area contributed by atoms with E-state index in [2.05, 4.69) is 0 Å². The maximum absolute atomic E-state index is 11.9. The topological polar surface area (TPSA) is 83.9 Å². The molecule has 1 amide bonds. The molecular formula is C14H15NO5. The number of carbonyl (C=O) groups is 3. The number of carboxylic acids is 1. The van der Waals surface area contributed by atoms with Crippen LogP contribution >= 0.6 is 0 Å². The minimum atomic E-state index is -1.01. The Bertz CT molecular complexity index is 567. The van der Waals surface area contributed by atoms with Gasteiger partial charge < -0.3 is 14.7 Å². The molecule has 0 fully saturated rings. The van der Waals surface area contributed by atoms with Crippen LogP contribution in [0.3, 0.4) is 0 Å². The number of carboxylic acid groups (broad SMARTS) is 1. The number of ether oxygens (including phenoxy) is 1. The number of hydrogen-bond donors (Lipinski definition) is 1. The molecule has 0 saturated heterocycles. The number of rotatable bonds is 4. The standard InChI is InChI=1S/C14H15NO5/c1-9(16)15-6-7-20-13-4-2-10(8-11(13)15)12(17)3-5-14(18)19/h2,4,8H,3,5-7H2,1H3,(H,18,19). The number of aliphatic carboxylic acids is 1. The van der Waals surface area contributed by atoms with E-state index in [1.165, 1.54) is 6.92 Å². The summed E-state index contributed by atoms with van der Waals surface area (Å²) in [5, 5.41) is 8.59. The molecule has 0 aromatic heterocycles. The summed E-state index contributed by atoms with van der Waals surface area (Å²) >= 11 is 0. The minimum Gasteiger partial charge on any atom is -0.490 e. The molecule has 1 aromatic rings. The van der Waals surface area contributed by atoms with Crippen LogP contribution in [0.5, 0.6) is 5.75 Å². The summed E-state index contributed by atoms with van der Waals surface area (Å²) < 4.78 is 5.44. The van der Waals surface area contributed by atoms with Gasteiger partial charge in [0, 0.05) is 18.9 Å². The van der Waals surface area contributed by atoms with Gasteiger partial charge in [0.2, 0.25) is 5.91 Å². The summed E-state index contributed by atoms with van der Waals surface area (Å²) in [6.07, 6.45) is -0.266. The van der Waals surface area contributed by atoms with Crippen LogP contribution in [-0.4, -0.2) is 35.9 Å². The van der Waals surface area contributed by atoms with Crippen molar-refractivity contribution >= 4 is 23.3 Å². The summed E-state index contributed by atoms with van der Waals surface area (Å²) in [5.74, 6) is -0.833. The quantitative estimate of drug-likeness (QED) is 0.843. The molecule has 1 aliphatic rings. The van der Waals surface area contributed by atoms with Crippen LogP contribution in [-0.2, 0) is 9.59 Å². The summed E-state index contributed by atoms with van der Waals surface area (Å²) in [6.45, 7) is 2.31. The Morgan fingerprint density at radius 3 is 2.70 bits per heavy atom. The highest BCUT2D eigenvalue weighted by atomic mass is 16.5. The van der Waals surface area contributed by atoms with Gasteiger partial charge in [0.25, 0.3) is 0 Å². The lowest BCUT2D eigenvalue weighted by atomic mass is 10.0. The fraction of sp³-hybridized carbons (Fsp3) is 0.357. The van der Waals surface area contributed by atoms with Crippen molar-refractivity contribution in [2.75, 3.05) is 18.1 Å². The first-order valence-corrected chi connectivity index (χ1v) is 6.29. The Balaban J connectivity index is 2.25. The Hall–Kier alpha value is -2.37. The van der Waals surface area contributed by atoms with Crippen molar-refractivity contribution in [1.82, 2.24) is 0 Å². The largest absolute Gasteiger partial charge is 0.490 e. The Morgan fingerprint density at radius 1 is 1.30 bits per heavy atom. The number of nitrogens with zero attached hydrogens (tertiary/aromatic N) is 1. The van der Waals surface area contributed by atoms with E-state index in [0.29, 0.717) is 30.2 Å². The summed E-state index contributed by atoms with van der Waals surface area (Å²) in [4.78, 5) is 35.5. The Morgan fingerprint density at radius 2 is 2.05 bits per heavy atom. The summed E-state index contributed by atoms with van der Waals surface area (Å²) in [6, 6.07) is 4.81. The second kappa shape index (κ2) is 5.73. The van der Waals surface area contributed by atoms with Gasteiger partial charge in [-0.25, -0.2) is 0 Å². The third-order valence-corrected chi connectivity index (χ3v) is 3.09. The molecular weight excluding hydrogens is 262 g/mol. The second-order valence-corrected chi connectivity index (χ2v) is 4.52. The lowest BCUT2D eigenvalue weighted by Gasteiger charge is -2.28. The van der Waals surface area contributed by atoms with Crippen LogP contribution in [0, 0.1) is 0 Å². The fourth-order valence-electron chi connectivity index (χ4n) is 2.08. The van der Waals surface area contributed by atoms with Gasteiger partial charge in [-0.3, -0.25) is 14.4 Å². The average molecular weight is 277 g/mol. The smallest absolute Gasteiger partial charge is 0.303 e. The highest BCUT2D eigenvalue weighted by molar-refractivity contribution is 6.00. The SMILES string of the molecule is CC(=O)N1CCOc2ccc(C(=O)CCC(=O)O)cc21. The van der Waals surface area contributed by atoms with E-state index in [0.717, 1.165) is 0 Å². The number of hydrogen-bond acceptors (Lipinski definition) is 4. The number of ketones is 1. The van der Waals surface area contributed by atoms with Crippen molar-refractivity contribution in [3.63, 3.8) is 0 Å². The molecule has 0 atom stereocenters. The molecule has 0 saturated carbocycles. The van der Waals surface area contributed by atoms with Crippen LogP contribution in [0.2, 0.25) is 0 Å². The van der Waals surface area contributed by atoms with E-state index in [1.54, 1.807) is 23.1 Å². The zero-order valence-corrected chi connectivity index (χ0v) is 11.1. The van der Waals surface area contributed by atoms with E-state index in [9.17, 15) is 14.4 Å². The van der Waals surface area contributed by atoms with Gasteiger partial charge in [-0.1, -0.05) is 0 Å². The second-order valence-electron chi connectivity index (χ2n) is 4.52. The third-order valence-electron chi connectivity index (χ3n) is 3.09. The predicted octanol–water partition coefficient (Wildman–Crippen LogP) is 1.48. The van der Waals surface area contributed by atoms with Gasteiger partial charge in [0.15, 0.2) is 5.78 Å². The van der Waals surface area contributed by atoms with Crippen molar-refractivity contribution in [1.29, 1.82) is 0 Å². The number of anilines is 1. The summed E-state index contributed by atoms with van der Waals surface area (Å²) in [5.41, 5.74) is 0.951. The average Bonchev–Trinajstić information content (AvgIpc) is 2.43. The van der Waals surface area contributed by atoms with Crippen LogP contribution in [0.25, 0.3) is 0 Å². The maximum Gasteiger partial charge on any atom is 0.303 e. The molecule has 0 radical (unpaired) electrons. The van der Waals surface area contributed by atoms with Gasteiger partial charge in [-0.05, 0) is 18.2 Å². The zero-order valence-electron chi connectivity index (χ0n) is 11.1. The first kappa shape index (κ1) is 14.0. The highest BCUT2D eigenvalue weighted by Crippen LogP contribution is 2.32. The monoisotopic (exact) mass is 277 g/mol. The zero-order chi connectivity index (χ0) is 14.7. The number of benzene rings is 1. The fourth-order valence-corrected chi connectivity index (χ4v) is 2.08. The molecule has 0 unspecified atom stereocenters. The van der Waals surface area contributed by atoms with Crippen molar-refractivity contribution < 1.29 is 24.2 Å². The molecule has 20 heavy (non-hydrogen) atoms.